The third kappa shape index (κ3) is 4.57. The zero-order valence-electron chi connectivity index (χ0n) is 17.0. The fourth-order valence-electron chi connectivity index (χ4n) is 3.65. The Bertz CT molecular complexity index is 1060. The molecule has 2 aliphatic heterocycles. The summed E-state index contributed by atoms with van der Waals surface area (Å²) < 4.78 is 25.6. The maximum atomic E-state index is 14.5. The van der Waals surface area contributed by atoms with E-state index in [2.05, 4.69) is 30.5 Å². The van der Waals surface area contributed by atoms with Gasteiger partial charge in [-0.25, -0.2) is 19.3 Å². The number of benzene rings is 1. The van der Waals surface area contributed by atoms with Gasteiger partial charge in [0.1, 0.15) is 24.7 Å². The summed E-state index contributed by atoms with van der Waals surface area (Å²) >= 11 is 0. The lowest BCUT2D eigenvalue weighted by Gasteiger charge is -2.27. The van der Waals surface area contributed by atoms with Crippen LogP contribution in [0, 0.1) is 5.82 Å². The summed E-state index contributed by atoms with van der Waals surface area (Å²) in [7, 11) is 0. The van der Waals surface area contributed by atoms with Crippen LogP contribution in [0.4, 0.5) is 16.2 Å². The molecule has 1 aromatic carbocycles. The summed E-state index contributed by atoms with van der Waals surface area (Å²) in [5.41, 5.74) is 1.92. The van der Waals surface area contributed by atoms with E-state index >= 15 is 0 Å². The number of nitrogens with one attached hydrogen (secondary N) is 2. The number of halogens is 1. The van der Waals surface area contributed by atoms with Crippen molar-refractivity contribution in [3.63, 3.8) is 0 Å². The molecule has 1 fully saturated rings. The molecule has 2 aromatic heterocycles. The van der Waals surface area contributed by atoms with E-state index in [1.54, 1.807) is 18.2 Å². The van der Waals surface area contributed by atoms with Crippen LogP contribution in [0.3, 0.4) is 0 Å². The Morgan fingerprint density at radius 2 is 1.84 bits per heavy atom. The molecule has 0 saturated carbocycles. The zero-order chi connectivity index (χ0) is 21.0. The summed E-state index contributed by atoms with van der Waals surface area (Å²) in [6.45, 7) is 5.94. The van der Waals surface area contributed by atoms with Gasteiger partial charge < -0.3 is 20.1 Å². The molecule has 4 heterocycles. The number of hydrogen-bond donors (Lipinski definition) is 2. The minimum atomic E-state index is -0.512. The lowest BCUT2D eigenvalue weighted by atomic mass is 10.1. The van der Waals surface area contributed by atoms with Gasteiger partial charge in [0.15, 0.2) is 17.3 Å². The zero-order valence-corrected chi connectivity index (χ0v) is 17.0. The van der Waals surface area contributed by atoms with E-state index in [4.69, 9.17) is 9.47 Å². The van der Waals surface area contributed by atoms with Crippen molar-refractivity contribution in [1.82, 2.24) is 25.2 Å². The summed E-state index contributed by atoms with van der Waals surface area (Å²) in [5.74, 6) is 1.59. The third-order valence-corrected chi connectivity index (χ3v) is 5.24. The second-order valence-electron chi connectivity index (χ2n) is 7.45. The van der Waals surface area contributed by atoms with Crippen LogP contribution >= 0.6 is 0 Å². The van der Waals surface area contributed by atoms with Gasteiger partial charge in [0, 0.05) is 44.5 Å². The molecule has 160 valence electrons. The molecule has 0 bridgehead atoms. The van der Waals surface area contributed by atoms with E-state index in [1.807, 2.05) is 18.3 Å². The van der Waals surface area contributed by atoms with Crippen LogP contribution in [0.1, 0.15) is 5.56 Å². The predicted molar refractivity (Wildman–Crippen MR) is 114 cm³/mol. The van der Waals surface area contributed by atoms with Gasteiger partial charge in [-0.15, -0.1) is 0 Å². The number of hydrogen-bond acceptors (Lipinski definition) is 8. The van der Waals surface area contributed by atoms with Gasteiger partial charge in [-0.3, -0.25) is 4.90 Å². The van der Waals surface area contributed by atoms with Crippen molar-refractivity contribution in [1.29, 1.82) is 0 Å². The van der Waals surface area contributed by atoms with Crippen molar-refractivity contribution in [2.75, 3.05) is 44.7 Å². The van der Waals surface area contributed by atoms with Gasteiger partial charge in [0.05, 0.1) is 6.20 Å². The van der Waals surface area contributed by atoms with Crippen LogP contribution in [0.5, 0.6) is 11.5 Å². The van der Waals surface area contributed by atoms with E-state index in [-0.39, 0.29) is 11.6 Å². The summed E-state index contributed by atoms with van der Waals surface area (Å²) in [6, 6.07) is 9.16. The maximum Gasteiger partial charge on any atom is 0.229 e. The highest BCUT2D eigenvalue weighted by Crippen LogP contribution is 2.34. The molecule has 0 amide bonds. The Hall–Kier alpha value is -3.30. The SMILES string of the molecule is Fc1cnc(Nc2ccc(CN3CCNCC3)cn2)nc1-c1ccc2c(c1)OCCO2. The van der Waals surface area contributed by atoms with Crippen molar-refractivity contribution in [3.8, 4) is 22.8 Å². The fourth-order valence-corrected chi connectivity index (χ4v) is 3.65. The van der Waals surface area contributed by atoms with Crippen LogP contribution in [0.15, 0.2) is 42.7 Å². The highest BCUT2D eigenvalue weighted by atomic mass is 19.1. The first-order valence-electron chi connectivity index (χ1n) is 10.3. The smallest absolute Gasteiger partial charge is 0.229 e. The van der Waals surface area contributed by atoms with Gasteiger partial charge in [-0.05, 0) is 29.8 Å². The van der Waals surface area contributed by atoms with Crippen molar-refractivity contribution in [2.45, 2.75) is 6.54 Å². The van der Waals surface area contributed by atoms with Crippen LogP contribution in [0.25, 0.3) is 11.3 Å². The average Bonchev–Trinajstić information content (AvgIpc) is 2.82. The number of ether oxygens (including phenoxy) is 2. The van der Waals surface area contributed by atoms with Crippen LogP contribution in [0.2, 0.25) is 0 Å². The second kappa shape index (κ2) is 8.83. The predicted octanol–water partition coefficient (Wildman–Crippen LogP) is 2.60. The van der Waals surface area contributed by atoms with E-state index in [0.717, 1.165) is 44.5 Å². The third-order valence-electron chi connectivity index (χ3n) is 5.24. The van der Waals surface area contributed by atoms with Gasteiger partial charge in [0.25, 0.3) is 0 Å². The Kier molecular flexibility index (Phi) is 5.59. The molecule has 9 heteroatoms. The van der Waals surface area contributed by atoms with Crippen LogP contribution < -0.4 is 20.1 Å². The largest absolute Gasteiger partial charge is 0.486 e. The number of fused-ring (bicyclic) bond motifs is 1. The first kappa shape index (κ1) is 19.7. The molecule has 0 radical (unpaired) electrons. The summed E-state index contributed by atoms with van der Waals surface area (Å²) in [6.07, 6.45) is 3.00. The highest BCUT2D eigenvalue weighted by Gasteiger charge is 2.16. The molecule has 1 saturated heterocycles. The van der Waals surface area contributed by atoms with E-state index in [9.17, 15) is 4.39 Å². The van der Waals surface area contributed by atoms with Gasteiger partial charge in [-0.2, -0.15) is 0 Å². The molecule has 5 rings (SSSR count). The van der Waals surface area contributed by atoms with E-state index < -0.39 is 5.82 Å². The molecule has 0 aliphatic carbocycles. The summed E-state index contributed by atoms with van der Waals surface area (Å²) in [5, 5.41) is 6.41. The average molecular weight is 422 g/mol. The van der Waals surface area contributed by atoms with Gasteiger partial charge >= 0.3 is 0 Å². The van der Waals surface area contributed by atoms with Crippen LogP contribution in [-0.2, 0) is 6.54 Å². The van der Waals surface area contributed by atoms with E-state index in [1.165, 1.54) is 0 Å². The lowest BCUT2D eigenvalue weighted by molar-refractivity contribution is 0.171. The first-order chi connectivity index (χ1) is 15.2. The fraction of sp³-hybridized carbons (Fsp3) is 0.318. The Morgan fingerprint density at radius 3 is 2.65 bits per heavy atom. The number of aromatic nitrogens is 3. The number of anilines is 2. The molecule has 2 N–H and O–H groups in total. The molecular formula is C22H23FN6O2. The highest BCUT2D eigenvalue weighted by molar-refractivity contribution is 5.66. The number of pyridine rings is 1. The standard InChI is InChI=1S/C22H23FN6O2/c23-17-13-26-22(28-21(17)16-2-3-18-19(11-16)31-10-9-30-18)27-20-4-1-15(12-25-20)14-29-7-5-24-6-8-29/h1-4,11-13,24H,5-10,14H2,(H,25,26,27,28). The van der Waals surface area contributed by atoms with Gasteiger partial charge in [-0.1, -0.05) is 6.07 Å². The van der Waals surface area contributed by atoms with Crippen molar-refractivity contribution in [2.24, 2.45) is 0 Å². The van der Waals surface area contributed by atoms with E-state index in [0.29, 0.717) is 36.1 Å². The monoisotopic (exact) mass is 422 g/mol. The maximum absolute atomic E-state index is 14.5. The molecule has 0 spiro atoms. The summed E-state index contributed by atoms with van der Waals surface area (Å²) in [4.78, 5) is 15.3. The Labute approximate surface area is 179 Å². The van der Waals surface area contributed by atoms with Crippen molar-refractivity contribution in [3.05, 3.63) is 54.1 Å². The molecule has 0 unspecified atom stereocenters. The topological polar surface area (TPSA) is 84.4 Å². The molecule has 2 aliphatic rings. The van der Waals surface area contributed by atoms with Crippen molar-refractivity contribution >= 4 is 11.8 Å². The number of nitrogens with zero attached hydrogens (tertiary/aromatic N) is 4. The molecule has 8 nitrogen and oxygen atoms in total. The normalized spacial score (nSPS) is 16.2. The first-order valence-corrected chi connectivity index (χ1v) is 10.3. The van der Waals surface area contributed by atoms with Crippen LogP contribution in [-0.4, -0.2) is 59.2 Å². The minimum Gasteiger partial charge on any atom is -0.486 e. The molecular weight excluding hydrogens is 399 g/mol. The Morgan fingerprint density at radius 1 is 1.00 bits per heavy atom. The number of rotatable bonds is 5. The second-order valence-corrected chi connectivity index (χ2v) is 7.45. The minimum absolute atomic E-state index is 0.185. The quantitative estimate of drug-likeness (QED) is 0.649. The number of piperazine rings is 1. The van der Waals surface area contributed by atoms with Gasteiger partial charge in [0.2, 0.25) is 5.95 Å². The molecule has 0 atom stereocenters. The molecule has 31 heavy (non-hydrogen) atoms. The lowest BCUT2D eigenvalue weighted by Crippen LogP contribution is -2.42. The molecule has 3 aromatic rings. The van der Waals surface area contributed by atoms with Crippen molar-refractivity contribution < 1.29 is 13.9 Å². The Balaban J connectivity index is 1.31.